The van der Waals surface area contributed by atoms with Gasteiger partial charge in [-0.05, 0) is 24.1 Å². The molecule has 0 unspecified atom stereocenters. The molecule has 2 aromatic rings. The van der Waals surface area contributed by atoms with E-state index in [1.165, 1.54) is 5.56 Å². The van der Waals surface area contributed by atoms with E-state index in [0.717, 1.165) is 35.8 Å². The van der Waals surface area contributed by atoms with Crippen LogP contribution < -0.4 is 15.8 Å². The van der Waals surface area contributed by atoms with E-state index < -0.39 is 0 Å². The van der Waals surface area contributed by atoms with Gasteiger partial charge in [-0.25, -0.2) is 4.98 Å². The van der Waals surface area contributed by atoms with Gasteiger partial charge in [-0.15, -0.1) is 11.3 Å². The number of thiazole rings is 1. The molecule has 1 heterocycles. The molecule has 0 bridgehead atoms. The summed E-state index contributed by atoms with van der Waals surface area (Å²) in [5.41, 5.74) is 8.40. The summed E-state index contributed by atoms with van der Waals surface area (Å²) in [4.78, 5) is 9.05. The van der Waals surface area contributed by atoms with Crippen LogP contribution in [0.1, 0.15) is 37.0 Å². The maximum absolute atomic E-state index is 5.92. The first-order valence-electron chi connectivity index (χ1n) is 8.50. The number of aromatic nitrogens is 1. The smallest absolute Gasteiger partial charge is 0.188 e. The third-order valence-electron chi connectivity index (χ3n) is 3.81. The van der Waals surface area contributed by atoms with Gasteiger partial charge in [0.15, 0.2) is 5.96 Å². The Balaban J connectivity index is 1.71. The summed E-state index contributed by atoms with van der Waals surface area (Å²) < 4.78 is 5.15. The van der Waals surface area contributed by atoms with Crippen LogP contribution in [0.15, 0.2) is 34.6 Å². The number of nitrogens with zero attached hydrogens (tertiary/aromatic N) is 2. The van der Waals surface area contributed by atoms with Crippen LogP contribution in [0.25, 0.3) is 0 Å². The Morgan fingerprint density at radius 2 is 1.96 bits per heavy atom. The Hall–Kier alpha value is -2.08. The van der Waals surface area contributed by atoms with Crippen molar-refractivity contribution < 1.29 is 4.74 Å². The molecule has 0 aliphatic heterocycles. The molecule has 1 aromatic heterocycles. The highest BCUT2D eigenvalue weighted by Crippen LogP contribution is 2.23. The molecular weight excluding hydrogens is 332 g/mol. The number of hydrogen-bond donors (Lipinski definition) is 2. The minimum absolute atomic E-state index is 0.0973. The van der Waals surface area contributed by atoms with Gasteiger partial charge in [-0.1, -0.05) is 32.9 Å². The van der Waals surface area contributed by atoms with Gasteiger partial charge < -0.3 is 15.8 Å². The van der Waals surface area contributed by atoms with Gasteiger partial charge in [0.05, 0.1) is 17.8 Å². The van der Waals surface area contributed by atoms with E-state index in [4.69, 9.17) is 10.5 Å². The fraction of sp³-hybridized carbons (Fsp3) is 0.474. The molecule has 0 spiro atoms. The third kappa shape index (κ3) is 6.38. The molecule has 0 amide bonds. The molecule has 1 aromatic carbocycles. The Kier molecular flexibility index (Phi) is 6.82. The van der Waals surface area contributed by atoms with Crippen molar-refractivity contribution in [3.8, 4) is 5.75 Å². The molecule has 136 valence electrons. The van der Waals surface area contributed by atoms with E-state index in [-0.39, 0.29) is 5.41 Å². The minimum atomic E-state index is 0.0973. The van der Waals surface area contributed by atoms with Crippen molar-refractivity contribution in [2.24, 2.45) is 10.7 Å². The molecule has 0 radical (unpaired) electrons. The molecule has 0 saturated carbocycles. The van der Waals surface area contributed by atoms with Crippen LogP contribution in [0, 0.1) is 0 Å². The number of hydrogen-bond acceptors (Lipinski definition) is 4. The summed E-state index contributed by atoms with van der Waals surface area (Å²) >= 11 is 1.69. The molecule has 0 saturated heterocycles. The van der Waals surface area contributed by atoms with Crippen molar-refractivity contribution in [2.75, 3.05) is 20.2 Å². The maximum atomic E-state index is 5.92. The third-order valence-corrected chi connectivity index (χ3v) is 4.72. The second kappa shape index (κ2) is 8.85. The first-order valence-corrected chi connectivity index (χ1v) is 9.38. The fourth-order valence-corrected chi connectivity index (χ4v) is 3.24. The van der Waals surface area contributed by atoms with Crippen LogP contribution >= 0.6 is 11.3 Å². The number of ether oxygens (including phenoxy) is 1. The van der Waals surface area contributed by atoms with Crippen molar-refractivity contribution in [2.45, 2.75) is 39.0 Å². The summed E-state index contributed by atoms with van der Waals surface area (Å²) in [5, 5.41) is 6.40. The number of guanidine groups is 1. The number of benzene rings is 1. The first kappa shape index (κ1) is 19.2. The molecule has 0 aliphatic rings. The van der Waals surface area contributed by atoms with Gasteiger partial charge in [-0.2, -0.15) is 0 Å². The normalized spacial score (nSPS) is 12.2. The van der Waals surface area contributed by atoms with E-state index in [9.17, 15) is 0 Å². The topological polar surface area (TPSA) is 72.5 Å². The van der Waals surface area contributed by atoms with Gasteiger partial charge in [0, 0.05) is 30.3 Å². The summed E-state index contributed by atoms with van der Waals surface area (Å²) in [7, 11) is 1.67. The molecule has 2 rings (SSSR count). The lowest BCUT2D eigenvalue weighted by atomic mass is 9.93. The van der Waals surface area contributed by atoms with Crippen LogP contribution in [0.4, 0.5) is 0 Å². The number of rotatable bonds is 7. The van der Waals surface area contributed by atoms with Crippen molar-refractivity contribution in [1.82, 2.24) is 10.3 Å². The maximum Gasteiger partial charge on any atom is 0.188 e. The van der Waals surface area contributed by atoms with Crippen LogP contribution in [-0.2, 0) is 18.3 Å². The zero-order chi connectivity index (χ0) is 18.3. The van der Waals surface area contributed by atoms with Gasteiger partial charge in [-0.3, -0.25) is 4.99 Å². The summed E-state index contributed by atoms with van der Waals surface area (Å²) in [6.07, 6.45) is 1.71. The zero-order valence-corrected chi connectivity index (χ0v) is 16.3. The van der Waals surface area contributed by atoms with E-state index in [1.807, 2.05) is 12.1 Å². The number of aliphatic imine (C=N–C) groups is 1. The largest absolute Gasteiger partial charge is 0.497 e. The summed E-state index contributed by atoms with van der Waals surface area (Å²) in [6, 6.07) is 8.05. The molecule has 0 atom stereocenters. The van der Waals surface area contributed by atoms with Crippen molar-refractivity contribution >= 4 is 17.3 Å². The molecule has 25 heavy (non-hydrogen) atoms. The van der Waals surface area contributed by atoms with Crippen molar-refractivity contribution in [3.63, 3.8) is 0 Å². The second-order valence-corrected chi connectivity index (χ2v) is 7.86. The lowest BCUT2D eigenvalue weighted by Crippen LogP contribution is -2.33. The number of nitrogens with two attached hydrogens (primary N) is 1. The summed E-state index contributed by atoms with van der Waals surface area (Å²) in [6.45, 7) is 7.93. The quantitative estimate of drug-likeness (QED) is 0.588. The predicted octanol–water partition coefficient (Wildman–Crippen LogP) is 3.14. The monoisotopic (exact) mass is 360 g/mol. The highest BCUT2D eigenvalue weighted by atomic mass is 32.1. The van der Waals surface area contributed by atoms with Gasteiger partial charge in [0.2, 0.25) is 0 Å². The molecule has 6 heteroatoms. The Labute approximate surface area is 154 Å². The average Bonchev–Trinajstić information content (AvgIpc) is 3.05. The van der Waals surface area contributed by atoms with Crippen LogP contribution in [0.2, 0.25) is 0 Å². The van der Waals surface area contributed by atoms with Crippen molar-refractivity contribution in [1.29, 1.82) is 0 Å². The highest BCUT2D eigenvalue weighted by Gasteiger charge is 2.17. The number of nitrogens with one attached hydrogen (secondary N) is 1. The average molecular weight is 361 g/mol. The van der Waals surface area contributed by atoms with Gasteiger partial charge >= 0.3 is 0 Å². The van der Waals surface area contributed by atoms with E-state index in [1.54, 1.807) is 18.4 Å². The second-order valence-electron chi connectivity index (χ2n) is 6.92. The first-order chi connectivity index (χ1) is 11.9. The van der Waals surface area contributed by atoms with E-state index >= 15 is 0 Å². The molecule has 5 nitrogen and oxygen atoms in total. The Morgan fingerprint density at radius 3 is 2.56 bits per heavy atom. The SMILES string of the molecule is COc1ccc(CCNC(N)=NCCc2nc(C(C)(C)C)cs2)cc1. The molecule has 3 N–H and O–H groups in total. The fourth-order valence-electron chi connectivity index (χ4n) is 2.23. The minimum Gasteiger partial charge on any atom is -0.497 e. The Bertz CT molecular complexity index is 686. The van der Waals surface area contributed by atoms with Crippen LogP contribution in [-0.4, -0.2) is 31.1 Å². The Morgan fingerprint density at radius 1 is 1.24 bits per heavy atom. The highest BCUT2D eigenvalue weighted by molar-refractivity contribution is 7.09. The van der Waals surface area contributed by atoms with Gasteiger partial charge in [0.25, 0.3) is 0 Å². The molecule has 0 aliphatic carbocycles. The molecular formula is C19H28N4OS. The lowest BCUT2D eigenvalue weighted by Gasteiger charge is -2.14. The van der Waals surface area contributed by atoms with E-state index in [2.05, 4.69) is 53.6 Å². The van der Waals surface area contributed by atoms with Crippen molar-refractivity contribution in [3.05, 3.63) is 45.9 Å². The van der Waals surface area contributed by atoms with Gasteiger partial charge in [0.1, 0.15) is 5.75 Å². The van der Waals surface area contributed by atoms with E-state index in [0.29, 0.717) is 12.5 Å². The lowest BCUT2D eigenvalue weighted by molar-refractivity contribution is 0.414. The predicted molar refractivity (Wildman–Crippen MR) is 106 cm³/mol. The standard InChI is InChI=1S/C19H28N4OS/c1-19(2,3)16-13-25-17(23-16)10-12-22-18(20)21-11-9-14-5-7-15(24-4)8-6-14/h5-8,13H,9-12H2,1-4H3,(H3,20,21,22). The molecule has 0 fully saturated rings. The zero-order valence-electron chi connectivity index (χ0n) is 15.5. The van der Waals surface area contributed by atoms with Crippen LogP contribution in [0.5, 0.6) is 5.75 Å². The summed E-state index contributed by atoms with van der Waals surface area (Å²) in [5.74, 6) is 1.36. The number of methoxy groups -OCH3 is 1. The van der Waals surface area contributed by atoms with Crippen LogP contribution in [0.3, 0.4) is 0 Å².